The highest BCUT2D eigenvalue weighted by Crippen LogP contribution is 2.27. The van der Waals surface area contributed by atoms with Gasteiger partial charge in [-0.15, -0.1) is 0 Å². The minimum absolute atomic E-state index is 0.130. The SMILES string of the molecule is COc1cc(OCCNC(=O)OC(C)(C)C)cc([N+](=O)[O-])c1. The van der Waals surface area contributed by atoms with Crippen molar-refractivity contribution in [2.24, 2.45) is 0 Å². The maximum Gasteiger partial charge on any atom is 0.407 e. The van der Waals surface area contributed by atoms with Crippen molar-refractivity contribution in [1.29, 1.82) is 0 Å². The third-order valence-electron chi connectivity index (χ3n) is 2.35. The third kappa shape index (κ3) is 6.29. The lowest BCUT2D eigenvalue weighted by Crippen LogP contribution is -2.34. The van der Waals surface area contributed by atoms with Crippen LogP contribution in [0.5, 0.6) is 11.5 Å². The first-order valence-electron chi connectivity index (χ1n) is 6.64. The van der Waals surface area contributed by atoms with Crippen molar-refractivity contribution >= 4 is 11.8 Å². The summed E-state index contributed by atoms with van der Waals surface area (Å²) in [5, 5.41) is 13.3. The summed E-state index contributed by atoms with van der Waals surface area (Å²) in [6, 6.07) is 4.11. The Morgan fingerprint density at radius 1 is 1.27 bits per heavy atom. The smallest absolute Gasteiger partial charge is 0.407 e. The minimum Gasteiger partial charge on any atom is -0.496 e. The number of nitro benzene ring substituents is 1. The van der Waals surface area contributed by atoms with Crippen LogP contribution >= 0.6 is 0 Å². The number of hydrogen-bond acceptors (Lipinski definition) is 6. The van der Waals surface area contributed by atoms with E-state index in [1.54, 1.807) is 20.8 Å². The average Bonchev–Trinajstić information content (AvgIpc) is 2.41. The highest BCUT2D eigenvalue weighted by molar-refractivity contribution is 5.67. The van der Waals surface area contributed by atoms with Crippen LogP contribution < -0.4 is 14.8 Å². The predicted octanol–water partition coefficient (Wildman–Crippen LogP) is 2.51. The van der Waals surface area contributed by atoms with Crippen LogP contribution in [0.15, 0.2) is 18.2 Å². The van der Waals surface area contributed by atoms with Crippen molar-refractivity contribution in [3.63, 3.8) is 0 Å². The van der Waals surface area contributed by atoms with Gasteiger partial charge in [-0.25, -0.2) is 4.79 Å². The quantitative estimate of drug-likeness (QED) is 0.492. The van der Waals surface area contributed by atoms with Crippen LogP contribution in [0.2, 0.25) is 0 Å². The highest BCUT2D eigenvalue weighted by atomic mass is 16.6. The Morgan fingerprint density at radius 2 is 1.91 bits per heavy atom. The molecule has 0 spiro atoms. The van der Waals surface area contributed by atoms with Crippen LogP contribution in [0.25, 0.3) is 0 Å². The van der Waals surface area contributed by atoms with Crippen molar-refractivity contribution in [1.82, 2.24) is 5.32 Å². The number of ether oxygens (including phenoxy) is 3. The Balaban J connectivity index is 2.50. The standard InChI is InChI=1S/C14H20N2O6/c1-14(2,3)22-13(17)15-5-6-21-12-8-10(16(18)19)7-11(9-12)20-4/h7-9H,5-6H2,1-4H3,(H,15,17). The van der Waals surface area contributed by atoms with Gasteiger partial charge in [-0.2, -0.15) is 0 Å². The van der Waals surface area contributed by atoms with Crippen molar-refractivity contribution in [3.05, 3.63) is 28.3 Å². The molecular formula is C14H20N2O6. The first-order valence-corrected chi connectivity index (χ1v) is 6.64. The van der Waals surface area contributed by atoms with E-state index in [1.807, 2.05) is 0 Å². The van der Waals surface area contributed by atoms with Crippen molar-refractivity contribution < 1.29 is 23.9 Å². The van der Waals surface area contributed by atoms with E-state index in [2.05, 4.69) is 5.32 Å². The molecule has 8 nitrogen and oxygen atoms in total. The van der Waals surface area contributed by atoms with Gasteiger partial charge in [0.15, 0.2) is 0 Å². The zero-order valence-corrected chi connectivity index (χ0v) is 13.0. The van der Waals surface area contributed by atoms with Crippen LogP contribution in [-0.4, -0.2) is 36.9 Å². The van der Waals surface area contributed by atoms with E-state index in [9.17, 15) is 14.9 Å². The molecule has 0 heterocycles. The van der Waals surface area contributed by atoms with Crippen LogP contribution in [-0.2, 0) is 4.74 Å². The monoisotopic (exact) mass is 312 g/mol. The second-order valence-corrected chi connectivity index (χ2v) is 5.40. The van der Waals surface area contributed by atoms with E-state index in [-0.39, 0.29) is 24.6 Å². The van der Waals surface area contributed by atoms with Crippen molar-refractivity contribution in [2.75, 3.05) is 20.3 Å². The highest BCUT2D eigenvalue weighted by Gasteiger charge is 2.15. The Morgan fingerprint density at radius 3 is 2.45 bits per heavy atom. The van der Waals surface area contributed by atoms with E-state index < -0.39 is 16.6 Å². The van der Waals surface area contributed by atoms with Gasteiger partial charge in [0.25, 0.3) is 5.69 Å². The number of hydrogen-bond donors (Lipinski definition) is 1. The van der Waals surface area contributed by atoms with Gasteiger partial charge >= 0.3 is 6.09 Å². The minimum atomic E-state index is -0.571. The molecule has 1 rings (SSSR count). The van der Waals surface area contributed by atoms with Crippen molar-refractivity contribution in [3.8, 4) is 11.5 Å². The van der Waals surface area contributed by atoms with Gasteiger partial charge in [0.2, 0.25) is 0 Å². The number of alkyl carbamates (subject to hydrolysis) is 1. The molecule has 0 bridgehead atoms. The molecule has 0 unspecified atom stereocenters. The maximum absolute atomic E-state index is 11.4. The number of carbonyl (C=O) groups excluding carboxylic acids is 1. The van der Waals surface area contributed by atoms with Crippen LogP contribution in [0.4, 0.5) is 10.5 Å². The van der Waals surface area contributed by atoms with Crippen LogP contribution in [0.3, 0.4) is 0 Å². The summed E-state index contributed by atoms with van der Waals surface area (Å²) in [7, 11) is 1.41. The fourth-order valence-electron chi connectivity index (χ4n) is 1.50. The normalized spacial score (nSPS) is 10.7. The lowest BCUT2D eigenvalue weighted by Gasteiger charge is -2.19. The fraction of sp³-hybridized carbons (Fsp3) is 0.500. The molecule has 0 saturated heterocycles. The summed E-state index contributed by atoms with van der Waals surface area (Å²) in [5.74, 6) is 0.612. The lowest BCUT2D eigenvalue weighted by molar-refractivity contribution is -0.385. The molecule has 122 valence electrons. The number of rotatable bonds is 6. The molecule has 1 N–H and O–H groups in total. The zero-order valence-electron chi connectivity index (χ0n) is 13.0. The summed E-state index contributed by atoms with van der Waals surface area (Å²) in [5.41, 5.74) is -0.701. The Hall–Kier alpha value is -2.51. The zero-order chi connectivity index (χ0) is 16.8. The van der Waals surface area contributed by atoms with Gasteiger partial charge in [-0.1, -0.05) is 0 Å². The molecular weight excluding hydrogens is 292 g/mol. The number of nitro groups is 1. The van der Waals surface area contributed by atoms with E-state index in [4.69, 9.17) is 14.2 Å². The van der Waals surface area contributed by atoms with Crippen LogP contribution in [0.1, 0.15) is 20.8 Å². The third-order valence-corrected chi connectivity index (χ3v) is 2.35. The van der Waals surface area contributed by atoms with E-state index in [0.29, 0.717) is 5.75 Å². The molecule has 0 atom stereocenters. The summed E-state index contributed by atoms with van der Waals surface area (Å²) in [6.45, 7) is 5.64. The van der Waals surface area contributed by atoms with Gasteiger partial charge in [0.1, 0.15) is 23.7 Å². The van der Waals surface area contributed by atoms with Gasteiger partial charge in [-0.05, 0) is 20.8 Å². The number of amides is 1. The molecule has 22 heavy (non-hydrogen) atoms. The molecule has 0 saturated carbocycles. The molecule has 0 fully saturated rings. The fourth-order valence-corrected chi connectivity index (χ4v) is 1.50. The van der Waals surface area contributed by atoms with E-state index >= 15 is 0 Å². The van der Waals surface area contributed by atoms with Gasteiger partial charge in [0.05, 0.1) is 30.7 Å². The second-order valence-electron chi connectivity index (χ2n) is 5.40. The molecule has 0 radical (unpaired) electrons. The number of methoxy groups -OCH3 is 1. The van der Waals surface area contributed by atoms with Gasteiger partial charge in [-0.3, -0.25) is 10.1 Å². The number of carbonyl (C=O) groups is 1. The Bertz CT molecular complexity index is 539. The second kappa shape index (κ2) is 7.48. The van der Waals surface area contributed by atoms with Crippen LogP contribution in [0, 0.1) is 10.1 Å². The number of nitrogens with zero attached hydrogens (tertiary/aromatic N) is 1. The molecule has 1 aromatic carbocycles. The summed E-state index contributed by atoms with van der Waals surface area (Å²) >= 11 is 0. The van der Waals surface area contributed by atoms with Gasteiger partial charge < -0.3 is 19.5 Å². The maximum atomic E-state index is 11.4. The van der Waals surface area contributed by atoms with E-state index in [0.717, 1.165) is 0 Å². The summed E-state index contributed by atoms with van der Waals surface area (Å²) in [6.07, 6.45) is -0.548. The Kier molecular flexibility index (Phi) is 5.97. The molecule has 1 amide bonds. The first-order chi connectivity index (χ1) is 10.2. The molecule has 0 aliphatic carbocycles. The lowest BCUT2D eigenvalue weighted by atomic mass is 10.2. The number of non-ortho nitro benzene ring substituents is 1. The predicted molar refractivity (Wildman–Crippen MR) is 79.4 cm³/mol. The summed E-state index contributed by atoms with van der Waals surface area (Å²) < 4.78 is 15.4. The average molecular weight is 312 g/mol. The number of nitrogens with one attached hydrogen (secondary N) is 1. The molecule has 0 aliphatic heterocycles. The summed E-state index contributed by atoms with van der Waals surface area (Å²) in [4.78, 5) is 21.7. The number of benzene rings is 1. The Labute approximate surface area is 128 Å². The topological polar surface area (TPSA) is 99.9 Å². The molecule has 1 aromatic rings. The van der Waals surface area contributed by atoms with Gasteiger partial charge in [0, 0.05) is 6.07 Å². The largest absolute Gasteiger partial charge is 0.496 e. The molecule has 0 aliphatic rings. The molecule has 8 heteroatoms. The first kappa shape index (κ1) is 17.5. The van der Waals surface area contributed by atoms with Crippen molar-refractivity contribution in [2.45, 2.75) is 26.4 Å². The molecule has 0 aromatic heterocycles. The van der Waals surface area contributed by atoms with E-state index in [1.165, 1.54) is 25.3 Å².